The molecule has 0 saturated heterocycles. The third kappa shape index (κ3) is 4.97. The van der Waals surface area contributed by atoms with Gasteiger partial charge in [0.1, 0.15) is 0 Å². The van der Waals surface area contributed by atoms with E-state index in [9.17, 15) is 0 Å². The monoisotopic (exact) mass is 199 g/mol. The zero-order chi connectivity index (χ0) is 10.2. The lowest BCUT2D eigenvalue weighted by atomic mass is 10.1. The molecule has 0 aromatic rings. The maximum absolute atomic E-state index is 5.90. The molecule has 14 heavy (non-hydrogen) atoms. The standard InChI is InChI=1S/C12H25NO/c1-11(13-2)9-10-14-12-7-5-3-4-6-8-12/h11-13H,3-10H2,1-2H3. The predicted octanol–water partition coefficient (Wildman–Crippen LogP) is 2.72. The molecular formula is C12H25NO. The summed E-state index contributed by atoms with van der Waals surface area (Å²) in [4.78, 5) is 0. The number of nitrogens with one attached hydrogen (secondary N) is 1. The quantitative estimate of drug-likeness (QED) is 0.687. The van der Waals surface area contributed by atoms with Crippen LogP contribution in [0, 0.1) is 0 Å². The summed E-state index contributed by atoms with van der Waals surface area (Å²) in [6.07, 6.45) is 9.81. The second-order valence-electron chi connectivity index (χ2n) is 4.46. The van der Waals surface area contributed by atoms with Crippen molar-refractivity contribution in [2.24, 2.45) is 0 Å². The largest absolute Gasteiger partial charge is 0.378 e. The van der Waals surface area contributed by atoms with Crippen LogP contribution in [0.5, 0.6) is 0 Å². The van der Waals surface area contributed by atoms with Gasteiger partial charge in [-0.25, -0.2) is 0 Å². The van der Waals surface area contributed by atoms with Crippen molar-refractivity contribution in [2.45, 2.75) is 64.0 Å². The van der Waals surface area contributed by atoms with Crippen LogP contribution in [-0.2, 0) is 4.74 Å². The van der Waals surface area contributed by atoms with Crippen LogP contribution in [0.4, 0.5) is 0 Å². The summed E-state index contributed by atoms with van der Waals surface area (Å²) in [5, 5.41) is 3.23. The summed E-state index contributed by atoms with van der Waals surface area (Å²) in [7, 11) is 2.01. The maximum Gasteiger partial charge on any atom is 0.0575 e. The van der Waals surface area contributed by atoms with Gasteiger partial charge in [-0.3, -0.25) is 0 Å². The van der Waals surface area contributed by atoms with Gasteiger partial charge in [-0.1, -0.05) is 25.7 Å². The van der Waals surface area contributed by atoms with Crippen LogP contribution in [0.1, 0.15) is 51.9 Å². The maximum atomic E-state index is 5.90. The minimum absolute atomic E-state index is 0.557. The first-order valence-corrected chi connectivity index (χ1v) is 6.12. The molecule has 0 spiro atoms. The van der Waals surface area contributed by atoms with Gasteiger partial charge in [-0.15, -0.1) is 0 Å². The predicted molar refractivity (Wildman–Crippen MR) is 60.6 cm³/mol. The van der Waals surface area contributed by atoms with Gasteiger partial charge in [0.2, 0.25) is 0 Å². The molecule has 1 rings (SSSR count). The van der Waals surface area contributed by atoms with Gasteiger partial charge in [0.05, 0.1) is 6.10 Å². The highest BCUT2D eigenvalue weighted by atomic mass is 16.5. The second-order valence-corrected chi connectivity index (χ2v) is 4.46. The second kappa shape index (κ2) is 7.24. The zero-order valence-electron chi connectivity index (χ0n) is 9.72. The number of hydrogen-bond donors (Lipinski definition) is 1. The Hall–Kier alpha value is -0.0800. The molecule has 1 saturated carbocycles. The Morgan fingerprint density at radius 2 is 1.86 bits per heavy atom. The summed E-state index contributed by atoms with van der Waals surface area (Å²) < 4.78 is 5.90. The first-order valence-electron chi connectivity index (χ1n) is 6.12. The first-order chi connectivity index (χ1) is 6.83. The van der Waals surface area contributed by atoms with Crippen LogP contribution in [0.2, 0.25) is 0 Å². The van der Waals surface area contributed by atoms with Crippen molar-refractivity contribution in [1.29, 1.82) is 0 Å². The van der Waals surface area contributed by atoms with Crippen molar-refractivity contribution < 1.29 is 4.74 Å². The highest BCUT2D eigenvalue weighted by Gasteiger charge is 2.12. The molecule has 1 N–H and O–H groups in total. The minimum Gasteiger partial charge on any atom is -0.378 e. The van der Waals surface area contributed by atoms with Gasteiger partial charge in [-0.2, -0.15) is 0 Å². The summed E-state index contributed by atoms with van der Waals surface area (Å²) >= 11 is 0. The van der Waals surface area contributed by atoms with Crippen molar-refractivity contribution in [3.63, 3.8) is 0 Å². The molecule has 84 valence electrons. The van der Waals surface area contributed by atoms with E-state index in [-0.39, 0.29) is 0 Å². The average Bonchev–Trinajstić information content (AvgIpc) is 2.46. The molecule has 1 unspecified atom stereocenters. The van der Waals surface area contributed by atoms with E-state index in [1.807, 2.05) is 7.05 Å². The van der Waals surface area contributed by atoms with E-state index in [0.717, 1.165) is 13.0 Å². The first kappa shape index (κ1) is 12.0. The van der Waals surface area contributed by atoms with E-state index < -0.39 is 0 Å². The molecular weight excluding hydrogens is 174 g/mol. The smallest absolute Gasteiger partial charge is 0.0575 e. The molecule has 0 aromatic carbocycles. The molecule has 2 nitrogen and oxygen atoms in total. The Balaban J connectivity index is 2.04. The van der Waals surface area contributed by atoms with Gasteiger partial charge in [0, 0.05) is 12.6 Å². The van der Waals surface area contributed by atoms with Crippen molar-refractivity contribution in [2.75, 3.05) is 13.7 Å². The molecule has 1 aliphatic rings. The Labute approximate surface area is 88.4 Å². The van der Waals surface area contributed by atoms with Crippen molar-refractivity contribution in [3.8, 4) is 0 Å². The fraction of sp³-hybridized carbons (Fsp3) is 1.00. The van der Waals surface area contributed by atoms with E-state index in [1.165, 1.54) is 38.5 Å². The van der Waals surface area contributed by atoms with E-state index in [4.69, 9.17) is 4.74 Å². The van der Waals surface area contributed by atoms with Gasteiger partial charge >= 0.3 is 0 Å². The summed E-state index contributed by atoms with van der Waals surface area (Å²) in [6.45, 7) is 3.13. The Bertz CT molecular complexity index is 130. The van der Waals surface area contributed by atoms with Gasteiger partial charge < -0.3 is 10.1 Å². The normalized spacial score (nSPS) is 21.9. The summed E-state index contributed by atoms with van der Waals surface area (Å²) in [5.41, 5.74) is 0. The molecule has 0 aromatic heterocycles. The molecule has 0 aliphatic heterocycles. The van der Waals surface area contributed by atoms with E-state index >= 15 is 0 Å². The lowest BCUT2D eigenvalue weighted by Crippen LogP contribution is -2.24. The van der Waals surface area contributed by atoms with Crippen molar-refractivity contribution >= 4 is 0 Å². The lowest BCUT2D eigenvalue weighted by molar-refractivity contribution is 0.0387. The SMILES string of the molecule is CNC(C)CCOC1CCCCCC1. The van der Waals surface area contributed by atoms with Crippen LogP contribution >= 0.6 is 0 Å². The van der Waals surface area contributed by atoms with E-state index in [1.54, 1.807) is 0 Å². The van der Waals surface area contributed by atoms with Crippen LogP contribution in [0.15, 0.2) is 0 Å². The number of rotatable bonds is 5. The molecule has 0 heterocycles. The van der Waals surface area contributed by atoms with Crippen molar-refractivity contribution in [3.05, 3.63) is 0 Å². The molecule has 0 amide bonds. The summed E-state index contributed by atoms with van der Waals surface area (Å²) in [5.74, 6) is 0. The van der Waals surface area contributed by atoms with Crippen molar-refractivity contribution in [1.82, 2.24) is 5.32 Å². The van der Waals surface area contributed by atoms with E-state index in [0.29, 0.717) is 12.1 Å². The zero-order valence-corrected chi connectivity index (χ0v) is 9.72. The lowest BCUT2D eigenvalue weighted by Gasteiger charge is -2.17. The molecule has 1 fully saturated rings. The third-order valence-electron chi connectivity index (χ3n) is 3.20. The Kier molecular flexibility index (Phi) is 6.20. The third-order valence-corrected chi connectivity index (χ3v) is 3.20. The van der Waals surface area contributed by atoms with Crippen LogP contribution in [0.25, 0.3) is 0 Å². The van der Waals surface area contributed by atoms with Gasteiger partial charge in [0.25, 0.3) is 0 Å². The molecule has 0 radical (unpaired) electrons. The number of hydrogen-bond acceptors (Lipinski definition) is 2. The topological polar surface area (TPSA) is 21.3 Å². The fourth-order valence-corrected chi connectivity index (χ4v) is 1.96. The minimum atomic E-state index is 0.557. The molecule has 2 heteroatoms. The fourth-order valence-electron chi connectivity index (χ4n) is 1.96. The van der Waals surface area contributed by atoms with E-state index in [2.05, 4.69) is 12.2 Å². The number of ether oxygens (including phenoxy) is 1. The highest BCUT2D eigenvalue weighted by Crippen LogP contribution is 2.19. The Morgan fingerprint density at radius 1 is 1.21 bits per heavy atom. The van der Waals surface area contributed by atoms with Gasteiger partial charge in [0.15, 0.2) is 0 Å². The molecule has 0 bridgehead atoms. The summed E-state index contributed by atoms with van der Waals surface area (Å²) in [6, 6.07) is 0.584. The van der Waals surface area contributed by atoms with Crippen LogP contribution < -0.4 is 5.32 Å². The molecule has 1 atom stereocenters. The average molecular weight is 199 g/mol. The van der Waals surface area contributed by atoms with Gasteiger partial charge in [-0.05, 0) is 33.2 Å². The van der Waals surface area contributed by atoms with Crippen LogP contribution in [0.3, 0.4) is 0 Å². The Morgan fingerprint density at radius 3 is 2.43 bits per heavy atom. The highest BCUT2D eigenvalue weighted by molar-refractivity contribution is 4.64. The van der Waals surface area contributed by atoms with Crippen LogP contribution in [-0.4, -0.2) is 25.8 Å². The molecule has 1 aliphatic carbocycles.